The molecule has 0 amide bonds. The molecule has 0 saturated carbocycles. The van der Waals surface area contributed by atoms with Crippen LogP contribution in [-0.4, -0.2) is 12.4 Å². The van der Waals surface area contributed by atoms with Crippen LogP contribution in [0.15, 0.2) is 88.2 Å². The number of aryl methyl sites for hydroxylation is 1. The van der Waals surface area contributed by atoms with Crippen molar-refractivity contribution in [1.82, 2.24) is 3.97 Å². The minimum Gasteiger partial charge on any atom is -0.488 e. The molecule has 30 heavy (non-hydrogen) atoms. The molecular formula is C24H22BrNO3S. The molecule has 4 rings (SSSR count). The van der Waals surface area contributed by atoms with Crippen molar-refractivity contribution in [2.75, 3.05) is 0 Å². The van der Waals surface area contributed by atoms with Crippen molar-refractivity contribution in [2.24, 2.45) is 0 Å². The Labute approximate surface area is 185 Å². The van der Waals surface area contributed by atoms with E-state index < -0.39 is 10.0 Å². The van der Waals surface area contributed by atoms with E-state index in [0.29, 0.717) is 24.3 Å². The first-order valence-electron chi connectivity index (χ1n) is 9.82. The molecule has 0 saturated heterocycles. The number of hydrogen-bond acceptors (Lipinski definition) is 3. The lowest BCUT2D eigenvalue weighted by Gasteiger charge is -2.13. The Hall–Kier alpha value is -2.57. The highest BCUT2D eigenvalue weighted by molar-refractivity contribution is 9.10. The second-order valence-corrected chi connectivity index (χ2v) is 9.63. The summed E-state index contributed by atoms with van der Waals surface area (Å²) < 4.78 is 35.1. The molecule has 0 bridgehead atoms. The van der Waals surface area contributed by atoms with Crippen LogP contribution in [0.4, 0.5) is 0 Å². The maximum absolute atomic E-state index is 13.4. The van der Waals surface area contributed by atoms with Gasteiger partial charge in [-0.15, -0.1) is 0 Å². The third-order valence-corrected chi connectivity index (χ3v) is 7.53. The van der Waals surface area contributed by atoms with Gasteiger partial charge in [0, 0.05) is 11.1 Å². The van der Waals surface area contributed by atoms with E-state index in [2.05, 4.69) is 15.9 Å². The second kappa shape index (κ2) is 8.66. The van der Waals surface area contributed by atoms with Gasteiger partial charge in [-0.1, -0.05) is 61.9 Å². The van der Waals surface area contributed by atoms with Gasteiger partial charge in [-0.05, 0) is 58.2 Å². The topological polar surface area (TPSA) is 48.3 Å². The lowest BCUT2D eigenvalue weighted by atomic mass is 10.2. The maximum Gasteiger partial charge on any atom is 0.268 e. The molecule has 0 N–H and O–H groups in total. The predicted molar refractivity (Wildman–Crippen MR) is 123 cm³/mol. The Morgan fingerprint density at radius 3 is 2.27 bits per heavy atom. The Bertz CT molecular complexity index is 1270. The highest BCUT2D eigenvalue weighted by Gasteiger charge is 2.24. The minimum atomic E-state index is -3.70. The van der Waals surface area contributed by atoms with Gasteiger partial charge in [-0.2, -0.15) is 0 Å². The molecule has 6 heteroatoms. The summed E-state index contributed by atoms with van der Waals surface area (Å²) in [7, 11) is -3.70. The normalized spacial score (nSPS) is 11.7. The molecule has 0 aliphatic carbocycles. The summed E-state index contributed by atoms with van der Waals surface area (Å²) in [5, 5.41) is 0.823. The minimum absolute atomic E-state index is 0.278. The summed E-state index contributed by atoms with van der Waals surface area (Å²) >= 11 is 3.64. The van der Waals surface area contributed by atoms with Crippen molar-refractivity contribution in [3.05, 3.63) is 94.6 Å². The molecule has 0 radical (unpaired) electrons. The van der Waals surface area contributed by atoms with Crippen LogP contribution in [0.2, 0.25) is 0 Å². The highest BCUT2D eigenvalue weighted by Crippen LogP contribution is 2.37. The number of fused-ring (bicyclic) bond motifs is 1. The average Bonchev–Trinajstić information content (AvgIpc) is 3.15. The van der Waals surface area contributed by atoms with Crippen molar-refractivity contribution in [2.45, 2.75) is 31.3 Å². The first kappa shape index (κ1) is 20.7. The maximum atomic E-state index is 13.4. The van der Waals surface area contributed by atoms with E-state index in [1.807, 2.05) is 61.5 Å². The molecule has 0 aliphatic heterocycles. The number of halogens is 1. The van der Waals surface area contributed by atoms with Crippen LogP contribution in [0.5, 0.6) is 5.75 Å². The van der Waals surface area contributed by atoms with Crippen LogP contribution < -0.4 is 4.74 Å². The smallest absolute Gasteiger partial charge is 0.268 e. The zero-order valence-corrected chi connectivity index (χ0v) is 19.0. The molecule has 1 aromatic heterocycles. The van der Waals surface area contributed by atoms with Crippen LogP contribution in [0.3, 0.4) is 0 Å². The molecule has 1 heterocycles. The van der Waals surface area contributed by atoms with E-state index in [9.17, 15) is 8.42 Å². The summed E-state index contributed by atoms with van der Waals surface area (Å²) in [6.45, 7) is 2.48. The van der Waals surface area contributed by atoms with Crippen LogP contribution in [0, 0.1) is 0 Å². The van der Waals surface area contributed by atoms with Gasteiger partial charge in [-0.3, -0.25) is 0 Å². The van der Waals surface area contributed by atoms with Gasteiger partial charge in [-0.25, -0.2) is 12.4 Å². The van der Waals surface area contributed by atoms with E-state index in [1.54, 1.807) is 24.3 Å². The lowest BCUT2D eigenvalue weighted by Crippen LogP contribution is -2.15. The molecule has 0 unspecified atom stereocenters. The fourth-order valence-electron chi connectivity index (χ4n) is 3.52. The summed E-state index contributed by atoms with van der Waals surface area (Å²) in [6.07, 6.45) is 1.50. The third-order valence-electron chi connectivity index (χ3n) is 4.94. The van der Waals surface area contributed by atoms with Crippen molar-refractivity contribution in [3.8, 4) is 5.75 Å². The number of benzene rings is 3. The first-order valence-corrected chi connectivity index (χ1v) is 12.1. The molecule has 0 aliphatic rings. The van der Waals surface area contributed by atoms with E-state index in [-0.39, 0.29) is 4.90 Å². The van der Waals surface area contributed by atoms with Crippen molar-refractivity contribution >= 4 is 36.9 Å². The van der Waals surface area contributed by atoms with Gasteiger partial charge < -0.3 is 4.74 Å². The number of nitrogens with zero attached hydrogens (tertiary/aromatic N) is 1. The van der Waals surface area contributed by atoms with E-state index >= 15 is 0 Å². The quantitative estimate of drug-likeness (QED) is 0.315. The van der Waals surface area contributed by atoms with Crippen molar-refractivity contribution < 1.29 is 13.2 Å². The monoisotopic (exact) mass is 483 g/mol. The van der Waals surface area contributed by atoms with Gasteiger partial charge in [0.1, 0.15) is 12.4 Å². The molecule has 4 nitrogen and oxygen atoms in total. The van der Waals surface area contributed by atoms with Crippen molar-refractivity contribution in [3.63, 3.8) is 0 Å². The average molecular weight is 484 g/mol. The molecular weight excluding hydrogens is 462 g/mol. The zero-order valence-electron chi connectivity index (χ0n) is 16.6. The molecule has 0 fully saturated rings. The Kier molecular flexibility index (Phi) is 5.97. The van der Waals surface area contributed by atoms with E-state index in [1.165, 1.54) is 3.97 Å². The van der Waals surface area contributed by atoms with Gasteiger partial charge in [0.25, 0.3) is 10.0 Å². The molecule has 0 atom stereocenters. The molecule has 0 spiro atoms. The number of hydrogen-bond donors (Lipinski definition) is 0. The van der Waals surface area contributed by atoms with Crippen LogP contribution in [-0.2, 0) is 23.1 Å². The Morgan fingerprint density at radius 1 is 0.933 bits per heavy atom. The number of ether oxygens (including phenoxy) is 1. The number of rotatable bonds is 7. The largest absolute Gasteiger partial charge is 0.488 e. The van der Waals surface area contributed by atoms with Gasteiger partial charge in [0.05, 0.1) is 14.9 Å². The molecule has 3 aromatic carbocycles. The van der Waals surface area contributed by atoms with E-state index in [0.717, 1.165) is 27.5 Å². The Balaban J connectivity index is 1.80. The highest BCUT2D eigenvalue weighted by atomic mass is 79.9. The standard InChI is InChI=1S/C24H22BrNO3S/c1-2-9-19-16-21-22(26(19)30(27,28)20-12-7-4-8-13-20)14-15-23(24(21)25)29-17-18-10-5-3-6-11-18/h3-8,10-16H,2,9,17H2,1H3. The van der Waals surface area contributed by atoms with Gasteiger partial charge >= 0.3 is 0 Å². The Morgan fingerprint density at radius 2 is 1.60 bits per heavy atom. The number of aromatic nitrogens is 1. The molecule has 154 valence electrons. The summed E-state index contributed by atoms with van der Waals surface area (Å²) in [6, 6.07) is 24.1. The summed E-state index contributed by atoms with van der Waals surface area (Å²) in [4.78, 5) is 0.278. The molecule has 4 aromatic rings. The van der Waals surface area contributed by atoms with Gasteiger partial charge in [0.15, 0.2) is 0 Å². The third kappa shape index (κ3) is 3.89. The fourth-order valence-corrected chi connectivity index (χ4v) is 5.66. The van der Waals surface area contributed by atoms with Crippen LogP contribution in [0.25, 0.3) is 10.9 Å². The summed E-state index contributed by atoms with van der Waals surface area (Å²) in [5.74, 6) is 0.684. The van der Waals surface area contributed by atoms with Crippen LogP contribution in [0.1, 0.15) is 24.6 Å². The van der Waals surface area contributed by atoms with E-state index in [4.69, 9.17) is 4.74 Å². The zero-order chi connectivity index (χ0) is 21.1. The second-order valence-electron chi connectivity index (χ2n) is 7.05. The lowest BCUT2D eigenvalue weighted by molar-refractivity contribution is 0.305. The van der Waals surface area contributed by atoms with Crippen molar-refractivity contribution in [1.29, 1.82) is 0 Å². The summed E-state index contributed by atoms with van der Waals surface area (Å²) in [5.41, 5.74) is 2.47. The SMILES string of the molecule is CCCc1cc2c(Br)c(OCc3ccccc3)ccc2n1S(=O)(=O)c1ccccc1. The predicted octanol–water partition coefficient (Wildman–Crippen LogP) is 6.17. The fraction of sp³-hybridized carbons (Fsp3) is 0.167. The van der Waals surface area contributed by atoms with Crippen LogP contribution >= 0.6 is 15.9 Å². The van der Waals surface area contributed by atoms with Gasteiger partial charge in [0.2, 0.25) is 0 Å². The first-order chi connectivity index (χ1) is 14.5.